The van der Waals surface area contributed by atoms with Crippen molar-refractivity contribution < 1.29 is 17.7 Å². The predicted molar refractivity (Wildman–Crippen MR) is 98.6 cm³/mol. The average molecular weight is 407 g/mol. The quantitative estimate of drug-likeness (QED) is 0.648. The standard InChI is InChI=1S/C17H15ClN4O4S/c1-19-27(24,25)12-7-8-14(18)13(9-12)17(23)20-10-15-21-16(22-26-15)11-5-3-2-4-6-11/h2-9,19H,10H2,1H3,(H,20,23). The van der Waals surface area contributed by atoms with Gasteiger partial charge in [0.05, 0.1) is 22.0 Å². The number of sulfonamides is 1. The molecule has 1 amide bonds. The first-order chi connectivity index (χ1) is 12.9. The molecule has 0 radical (unpaired) electrons. The van der Waals surface area contributed by atoms with E-state index < -0.39 is 15.9 Å². The number of carbonyl (C=O) groups excluding carboxylic acids is 1. The number of benzene rings is 2. The normalized spacial score (nSPS) is 11.3. The fourth-order valence-corrected chi connectivity index (χ4v) is 3.20. The van der Waals surface area contributed by atoms with Crippen LogP contribution in [0.15, 0.2) is 57.9 Å². The van der Waals surface area contributed by atoms with Gasteiger partial charge in [0.25, 0.3) is 5.91 Å². The van der Waals surface area contributed by atoms with Crippen molar-refractivity contribution >= 4 is 27.5 Å². The van der Waals surface area contributed by atoms with E-state index in [1.54, 1.807) is 0 Å². The number of rotatable bonds is 6. The minimum Gasteiger partial charge on any atom is -0.343 e. The van der Waals surface area contributed by atoms with Crippen molar-refractivity contribution in [3.05, 3.63) is 65.0 Å². The van der Waals surface area contributed by atoms with Crippen LogP contribution in [0.25, 0.3) is 11.4 Å². The first kappa shape index (κ1) is 19.0. The summed E-state index contributed by atoms with van der Waals surface area (Å²) in [5.41, 5.74) is 0.808. The van der Waals surface area contributed by atoms with E-state index in [0.717, 1.165) is 5.56 Å². The molecule has 1 heterocycles. The number of halogens is 1. The molecule has 27 heavy (non-hydrogen) atoms. The molecule has 2 aromatic carbocycles. The minimum absolute atomic E-state index is 0.0239. The van der Waals surface area contributed by atoms with Gasteiger partial charge in [-0.05, 0) is 25.2 Å². The van der Waals surface area contributed by atoms with Crippen molar-refractivity contribution in [2.75, 3.05) is 7.05 Å². The van der Waals surface area contributed by atoms with Gasteiger partial charge in [-0.1, -0.05) is 47.1 Å². The lowest BCUT2D eigenvalue weighted by molar-refractivity contribution is 0.0946. The summed E-state index contributed by atoms with van der Waals surface area (Å²) >= 11 is 6.02. The second-order valence-electron chi connectivity index (χ2n) is 5.41. The molecule has 8 nitrogen and oxygen atoms in total. The summed E-state index contributed by atoms with van der Waals surface area (Å²) in [6.07, 6.45) is 0. The van der Waals surface area contributed by atoms with Gasteiger partial charge in [0.1, 0.15) is 0 Å². The zero-order valence-electron chi connectivity index (χ0n) is 14.1. The maximum Gasteiger partial charge on any atom is 0.253 e. The van der Waals surface area contributed by atoms with Gasteiger partial charge in [-0.15, -0.1) is 0 Å². The van der Waals surface area contributed by atoms with Crippen molar-refractivity contribution in [3.8, 4) is 11.4 Å². The first-order valence-corrected chi connectivity index (χ1v) is 9.66. The highest BCUT2D eigenvalue weighted by molar-refractivity contribution is 7.89. The SMILES string of the molecule is CNS(=O)(=O)c1ccc(Cl)c(C(=O)NCc2nc(-c3ccccc3)no2)c1. The summed E-state index contributed by atoms with van der Waals surface area (Å²) in [7, 11) is -2.41. The Labute approximate surface area is 160 Å². The van der Waals surface area contributed by atoms with Crippen LogP contribution < -0.4 is 10.0 Å². The van der Waals surface area contributed by atoms with Crippen molar-refractivity contribution in [2.45, 2.75) is 11.4 Å². The molecule has 0 saturated carbocycles. The second-order valence-corrected chi connectivity index (χ2v) is 7.70. The van der Waals surface area contributed by atoms with Gasteiger partial charge in [0.15, 0.2) is 0 Å². The topological polar surface area (TPSA) is 114 Å². The van der Waals surface area contributed by atoms with E-state index in [-0.39, 0.29) is 27.9 Å². The summed E-state index contributed by atoms with van der Waals surface area (Å²) < 4.78 is 31.1. The molecule has 3 rings (SSSR count). The third kappa shape index (κ3) is 4.33. The van der Waals surface area contributed by atoms with Crippen molar-refractivity contribution in [2.24, 2.45) is 0 Å². The maximum absolute atomic E-state index is 12.4. The Morgan fingerprint density at radius 2 is 1.93 bits per heavy atom. The number of nitrogens with zero attached hydrogens (tertiary/aromatic N) is 2. The molecule has 0 bridgehead atoms. The van der Waals surface area contributed by atoms with Gasteiger partial charge in [0, 0.05) is 5.56 Å². The Kier molecular flexibility index (Phi) is 5.54. The van der Waals surface area contributed by atoms with E-state index in [1.165, 1.54) is 25.2 Å². The Bertz CT molecular complexity index is 1070. The van der Waals surface area contributed by atoms with Crippen molar-refractivity contribution in [1.82, 2.24) is 20.2 Å². The number of amides is 1. The molecule has 2 N–H and O–H groups in total. The van der Waals surface area contributed by atoms with Crippen LogP contribution in [0.2, 0.25) is 5.02 Å². The highest BCUT2D eigenvalue weighted by Gasteiger charge is 2.18. The molecule has 0 fully saturated rings. The van der Waals surface area contributed by atoms with Crippen LogP contribution >= 0.6 is 11.6 Å². The molecule has 0 saturated heterocycles. The molecule has 0 spiro atoms. The molecule has 0 unspecified atom stereocenters. The Morgan fingerprint density at radius 3 is 2.63 bits per heavy atom. The first-order valence-electron chi connectivity index (χ1n) is 7.80. The highest BCUT2D eigenvalue weighted by atomic mass is 35.5. The second kappa shape index (κ2) is 7.87. The van der Waals surface area contributed by atoms with Gasteiger partial charge in [0.2, 0.25) is 21.7 Å². The maximum atomic E-state index is 12.4. The van der Waals surface area contributed by atoms with Gasteiger partial charge in [-0.25, -0.2) is 13.1 Å². The average Bonchev–Trinajstić information content (AvgIpc) is 3.16. The van der Waals surface area contributed by atoms with E-state index in [2.05, 4.69) is 20.2 Å². The van der Waals surface area contributed by atoms with E-state index in [0.29, 0.717) is 5.82 Å². The van der Waals surface area contributed by atoms with E-state index in [9.17, 15) is 13.2 Å². The van der Waals surface area contributed by atoms with E-state index in [4.69, 9.17) is 16.1 Å². The summed E-state index contributed by atoms with van der Waals surface area (Å²) in [5, 5.41) is 6.57. The van der Waals surface area contributed by atoms with Gasteiger partial charge in [-0.2, -0.15) is 4.98 Å². The smallest absolute Gasteiger partial charge is 0.253 e. The van der Waals surface area contributed by atoms with Crippen molar-refractivity contribution in [1.29, 1.82) is 0 Å². The summed E-state index contributed by atoms with van der Waals surface area (Å²) in [6, 6.07) is 13.1. The molecule has 0 atom stereocenters. The zero-order valence-corrected chi connectivity index (χ0v) is 15.7. The van der Waals surface area contributed by atoms with Crippen LogP contribution in [0, 0.1) is 0 Å². The number of hydrogen-bond donors (Lipinski definition) is 2. The van der Waals surface area contributed by atoms with Crippen LogP contribution in [0.3, 0.4) is 0 Å². The molecule has 0 aliphatic heterocycles. The van der Waals surface area contributed by atoms with Crippen LogP contribution in [0.5, 0.6) is 0 Å². The number of nitrogens with one attached hydrogen (secondary N) is 2. The Balaban J connectivity index is 1.73. The molecule has 3 aromatic rings. The largest absolute Gasteiger partial charge is 0.343 e. The molecule has 0 aliphatic carbocycles. The summed E-state index contributed by atoms with van der Waals surface area (Å²) in [6.45, 7) is -0.0298. The van der Waals surface area contributed by atoms with Gasteiger partial charge < -0.3 is 9.84 Å². The van der Waals surface area contributed by atoms with Crippen LogP contribution in [0.4, 0.5) is 0 Å². The van der Waals surface area contributed by atoms with Crippen LogP contribution in [-0.2, 0) is 16.6 Å². The fourth-order valence-electron chi connectivity index (χ4n) is 2.25. The zero-order chi connectivity index (χ0) is 19.4. The number of hydrogen-bond acceptors (Lipinski definition) is 6. The lowest BCUT2D eigenvalue weighted by Gasteiger charge is -2.08. The highest BCUT2D eigenvalue weighted by Crippen LogP contribution is 2.21. The molecular weight excluding hydrogens is 392 g/mol. The summed E-state index contributed by atoms with van der Waals surface area (Å²) in [5.74, 6) is 0.0462. The lowest BCUT2D eigenvalue weighted by atomic mass is 10.2. The summed E-state index contributed by atoms with van der Waals surface area (Å²) in [4.78, 5) is 16.5. The molecule has 0 aliphatic rings. The number of carbonyl (C=O) groups is 1. The van der Waals surface area contributed by atoms with Crippen LogP contribution in [0.1, 0.15) is 16.2 Å². The molecule has 140 valence electrons. The fraction of sp³-hybridized carbons (Fsp3) is 0.118. The third-order valence-corrected chi connectivity index (χ3v) is 5.40. The molecular formula is C17H15ClN4O4S. The van der Waals surface area contributed by atoms with E-state index >= 15 is 0 Å². The monoisotopic (exact) mass is 406 g/mol. The van der Waals surface area contributed by atoms with Gasteiger partial charge >= 0.3 is 0 Å². The van der Waals surface area contributed by atoms with E-state index in [1.807, 2.05) is 30.3 Å². The number of aromatic nitrogens is 2. The van der Waals surface area contributed by atoms with Gasteiger partial charge in [-0.3, -0.25) is 4.79 Å². The molecule has 10 heteroatoms. The minimum atomic E-state index is -3.69. The van der Waals surface area contributed by atoms with Crippen molar-refractivity contribution in [3.63, 3.8) is 0 Å². The molecule has 1 aromatic heterocycles. The Morgan fingerprint density at radius 1 is 1.19 bits per heavy atom. The lowest BCUT2D eigenvalue weighted by Crippen LogP contribution is -2.24. The van der Waals surface area contributed by atoms with Crippen LogP contribution in [-0.4, -0.2) is 31.5 Å². The predicted octanol–water partition coefficient (Wildman–Crippen LogP) is 2.23. The third-order valence-electron chi connectivity index (χ3n) is 3.66. The Hall–Kier alpha value is -2.75.